The van der Waals surface area contributed by atoms with Crippen LogP contribution in [0.5, 0.6) is 17.2 Å². The van der Waals surface area contributed by atoms with Crippen molar-refractivity contribution in [2.24, 2.45) is 0 Å². The highest BCUT2D eigenvalue weighted by atomic mass is 16.6. The first-order valence-electron chi connectivity index (χ1n) is 9.65. The largest absolute Gasteiger partial charge is 0.493 e. The van der Waals surface area contributed by atoms with E-state index in [9.17, 15) is 0 Å². The molecule has 0 unspecified atom stereocenters. The van der Waals surface area contributed by atoms with E-state index in [0.29, 0.717) is 32.2 Å². The summed E-state index contributed by atoms with van der Waals surface area (Å²) in [5.41, 5.74) is 2.58. The summed E-state index contributed by atoms with van der Waals surface area (Å²) in [6, 6.07) is 14.1. The predicted molar refractivity (Wildman–Crippen MR) is 114 cm³/mol. The molecule has 2 aromatic carbocycles. The lowest BCUT2D eigenvalue weighted by molar-refractivity contribution is 0.0757. The van der Waals surface area contributed by atoms with E-state index in [1.54, 1.807) is 7.11 Å². The molecule has 0 bridgehead atoms. The number of methoxy groups -OCH3 is 1. The maximum Gasteiger partial charge on any atom is 0.161 e. The van der Waals surface area contributed by atoms with Crippen LogP contribution >= 0.6 is 0 Å². The van der Waals surface area contributed by atoms with Crippen LogP contribution in [-0.2, 0) is 16.6 Å². The average Bonchev–Trinajstić information content (AvgIpc) is 2.68. The van der Waals surface area contributed by atoms with Crippen molar-refractivity contribution in [1.29, 1.82) is 0 Å². The maximum atomic E-state index is 5.75. The van der Waals surface area contributed by atoms with Crippen LogP contribution in [0, 0.1) is 0 Å². The third-order valence-electron chi connectivity index (χ3n) is 4.31. The molecule has 0 N–H and O–H groups in total. The van der Waals surface area contributed by atoms with E-state index < -0.39 is 0 Å². The average molecular weight is 385 g/mol. The van der Waals surface area contributed by atoms with Gasteiger partial charge >= 0.3 is 0 Å². The molecule has 28 heavy (non-hydrogen) atoms. The zero-order valence-corrected chi connectivity index (χ0v) is 17.5. The molecule has 0 saturated carbocycles. The third-order valence-corrected chi connectivity index (χ3v) is 4.31. The zero-order chi connectivity index (χ0) is 20.4. The van der Waals surface area contributed by atoms with E-state index in [0.717, 1.165) is 23.5 Å². The molecule has 2 aromatic rings. The first-order chi connectivity index (χ1) is 13.4. The van der Waals surface area contributed by atoms with Crippen molar-refractivity contribution in [1.82, 2.24) is 0 Å². The second kappa shape index (κ2) is 10.8. The van der Waals surface area contributed by atoms with Crippen LogP contribution in [-0.4, -0.2) is 33.5 Å². The van der Waals surface area contributed by atoms with Crippen molar-refractivity contribution in [2.45, 2.75) is 32.6 Å². The van der Waals surface area contributed by atoms with E-state index in [1.165, 1.54) is 5.56 Å². The van der Waals surface area contributed by atoms with Gasteiger partial charge in [0.15, 0.2) is 11.5 Å². The molecule has 0 amide bonds. The molecule has 0 heterocycles. The molecule has 0 atom stereocenters. The molecule has 0 aromatic heterocycles. The van der Waals surface area contributed by atoms with Crippen LogP contribution in [0.3, 0.4) is 0 Å². The predicted octanol–water partition coefficient (Wildman–Crippen LogP) is 5.20. The van der Waals surface area contributed by atoms with Crippen molar-refractivity contribution in [3.63, 3.8) is 0 Å². The highest BCUT2D eigenvalue weighted by Gasteiger charge is 2.12. The van der Waals surface area contributed by atoms with Gasteiger partial charge < -0.3 is 18.9 Å². The van der Waals surface area contributed by atoms with Gasteiger partial charge in [0, 0.05) is 0 Å². The molecule has 0 saturated heterocycles. The molecule has 0 radical (unpaired) electrons. The number of hydrogen-bond acceptors (Lipinski definition) is 4. The first kappa shape index (κ1) is 21.8. The third kappa shape index (κ3) is 6.93. The Kier molecular flexibility index (Phi) is 8.40. The van der Waals surface area contributed by atoms with Gasteiger partial charge in [-0.15, -0.1) is 6.58 Å². The van der Waals surface area contributed by atoms with Crippen LogP contribution in [0.4, 0.5) is 0 Å². The Morgan fingerprint density at radius 1 is 0.857 bits per heavy atom. The second-order valence-corrected chi connectivity index (χ2v) is 7.56. The van der Waals surface area contributed by atoms with E-state index in [4.69, 9.17) is 18.9 Å². The summed E-state index contributed by atoms with van der Waals surface area (Å²) in [5.74, 6) is 2.30. The fraction of sp³-hybridized carbons (Fsp3) is 0.417. The van der Waals surface area contributed by atoms with Crippen LogP contribution in [0.1, 0.15) is 31.9 Å². The molecular weight excluding hydrogens is 352 g/mol. The number of ether oxygens (including phenoxy) is 4. The second-order valence-electron chi connectivity index (χ2n) is 7.56. The quantitative estimate of drug-likeness (QED) is 0.394. The van der Waals surface area contributed by atoms with Gasteiger partial charge in [0.05, 0.1) is 20.3 Å². The first-order valence-corrected chi connectivity index (χ1v) is 9.65. The molecule has 0 aliphatic heterocycles. The molecule has 2 rings (SSSR count). The fourth-order valence-corrected chi connectivity index (χ4v) is 2.71. The summed E-state index contributed by atoms with van der Waals surface area (Å²) >= 11 is 0. The summed E-state index contributed by atoms with van der Waals surface area (Å²) < 4.78 is 22.4. The van der Waals surface area contributed by atoms with Crippen molar-refractivity contribution < 1.29 is 18.9 Å². The summed E-state index contributed by atoms with van der Waals surface area (Å²) in [6.45, 7) is 12.3. The number of hydrogen-bond donors (Lipinski definition) is 0. The van der Waals surface area contributed by atoms with E-state index >= 15 is 0 Å². The molecule has 0 aliphatic carbocycles. The minimum Gasteiger partial charge on any atom is -0.493 e. The lowest BCUT2D eigenvalue weighted by Gasteiger charge is -2.19. The molecule has 152 valence electrons. The van der Waals surface area contributed by atoms with E-state index in [2.05, 4.69) is 39.5 Å². The van der Waals surface area contributed by atoms with Gasteiger partial charge in [0.25, 0.3) is 0 Å². The Bertz CT molecular complexity index is 729. The van der Waals surface area contributed by atoms with Crippen molar-refractivity contribution in [3.8, 4) is 17.2 Å². The van der Waals surface area contributed by atoms with Crippen molar-refractivity contribution in [2.75, 3.05) is 33.5 Å². The lowest BCUT2D eigenvalue weighted by Crippen LogP contribution is -2.13. The van der Waals surface area contributed by atoms with Crippen LogP contribution < -0.4 is 14.2 Å². The van der Waals surface area contributed by atoms with Gasteiger partial charge in [-0.05, 0) is 47.2 Å². The van der Waals surface area contributed by atoms with E-state index in [-0.39, 0.29) is 5.41 Å². The van der Waals surface area contributed by atoms with Crippen LogP contribution in [0.2, 0.25) is 0 Å². The number of benzene rings is 2. The van der Waals surface area contributed by atoms with Gasteiger partial charge in [-0.3, -0.25) is 0 Å². The highest BCUT2D eigenvalue weighted by Crippen LogP contribution is 2.28. The summed E-state index contributed by atoms with van der Waals surface area (Å²) in [4.78, 5) is 0. The molecular formula is C24H32O4. The van der Waals surface area contributed by atoms with Gasteiger partial charge in [-0.25, -0.2) is 0 Å². The highest BCUT2D eigenvalue weighted by molar-refractivity contribution is 5.43. The van der Waals surface area contributed by atoms with Gasteiger partial charge in [-0.2, -0.15) is 0 Å². The Hall–Kier alpha value is -2.46. The molecule has 0 fully saturated rings. The molecule has 0 aliphatic rings. The fourth-order valence-electron chi connectivity index (χ4n) is 2.71. The number of allylic oxidation sites excluding steroid dienone is 1. The zero-order valence-electron chi connectivity index (χ0n) is 17.5. The van der Waals surface area contributed by atoms with Crippen molar-refractivity contribution in [3.05, 3.63) is 66.2 Å². The summed E-state index contributed by atoms with van der Waals surface area (Å²) in [6.07, 6.45) is 2.67. The number of rotatable bonds is 11. The minimum absolute atomic E-state index is 0.149. The minimum atomic E-state index is 0.149. The maximum absolute atomic E-state index is 5.75. The molecule has 4 nitrogen and oxygen atoms in total. The Labute approximate surface area is 169 Å². The van der Waals surface area contributed by atoms with Crippen LogP contribution in [0.25, 0.3) is 0 Å². The Morgan fingerprint density at radius 2 is 1.54 bits per heavy atom. The van der Waals surface area contributed by atoms with Gasteiger partial charge in [-0.1, -0.05) is 45.0 Å². The molecule has 4 heteroatoms. The Morgan fingerprint density at radius 3 is 2.14 bits per heavy atom. The normalized spacial score (nSPS) is 11.1. The monoisotopic (exact) mass is 384 g/mol. The smallest absolute Gasteiger partial charge is 0.161 e. The summed E-state index contributed by atoms with van der Waals surface area (Å²) in [7, 11) is 1.64. The van der Waals surface area contributed by atoms with Gasteiger partial charge in [0.2, 0.25) is 0 Å². The summed E-state index contributed by atoms with van der Waals surface area (Å²) in [5, 5.41) is 0. The van der Waals surface area contributed by atoms with Crippen LogP contribution in [0.15, 0.2) is 55.1 Å². The molecule has 0 spiro atoms. The lowest BCUT2D eigenvalue weighted by atomic mass is 9.87. The van der Waals surface area contributed by atoms with E-state index in [1.807, 2.05) is 36.4 Å². The Balaban J connectivity index is 1.65. The topological polar surface area (TPSA) is 36.9 Å². The SMILES string of the molecule is C=CCc1ccc(OCCOCCOc2ccc(C(C)(C)C)cc2)c(OC)c1. The standard InChI is InChI=1S/C24H32O4/c1-6-7-19-8-13-22(23(18-19)25-5)28-17-15-26-14-16-27-21-11-9-20(10-12-21)24(2,3)4/h6,8-13,18H,1,7,14-17H2,2-5H3. The van der Waals surface area contributed by atoms with Gasteiger partial charge in [0.1, 0.15) is 19.0 Å². The van der Waals surface area contributed by atoms with Crippen molar-refractivity contribution >= 4 is 0 Å².